The van der Waals surface area contributed by atoms with Gasteiger partial charge in [-0.2, -0.15) is 0 Å². The Hall–Kier alpha value is -3.18. The number of unbranched alkanes of at least 4 members (excludes halogenated alkanes) is 1. The molecule has 1 unspecified atom stereocenters. The van der Waals surface area contributed by atoms with Crippen LogP contribution < -0.4 is 11.1 Å². The SMILES string of the molecule is CCOC(=O)C1=C(CSCC(=O)CCCCN)NC(C)=C(C(=O)OC)C1c1cccc([N+](=O)[O-])c1. The molecule has 1 aliphatic heterocycles. The second-order valence-corrected chi connectivity index (χ2v) is 8.82. The van der Waals surface area contributed by atoms with Gasteiger partial charge in [0, 0.05) is 35.7 Å². The monoisotopic (exact) mass is 505 g/mol. The van der Waals surface area contributed by atoms with E-state index in [2.05, 4.69) is 5.32 Å². The summed E-state index contributed by atoms with van der Waals surface area (Å²) in [5.74, 6) is -1.67. The molecule has 190 valence electrons. The van der Waals surface area contributed by atoms with Gasteiger partial charge in [-0.1, -0.05) is 12.1 Å². The quantitative estimate of drug-likeness (QED) is 0.177. The minimum atomic E-state index is -0.946. The number of allylic oxidation sites excluding steroid dienone is 1. The van der Waals surface area contributed by atoms with Crippen LogP contribution in [0.3, 0.4) is 0 Å². The molecule has 1 atom stereocenters. The Labute approximate surface area is 208 Å². The van der Waals surface area contributed by atoms with E-state index >= 15 is 0 Å². The van der Waals surface area contributed by atoms with Gasteiger partial charge in [-0.15, -0.1) is 11.8 Å². The van der Waals surface area contributed by atoms with Crippen LogP contribution in [0.2, 0.25) is 0 Å². The summed E-state index contributed by atoms with van der Waals surface area (Å²) in [5.41, 5.74) is 6.91. The minimum Gasteiger partial charge on any atom is -0.466 e. The lowest BCUT2D eigenvalue weighted by atomic mass is 9.80. The first-order valence-electron chi connectivity index (χ1n) is 11.2. The molecule has 1 aromatic rings. The predicted octanol–water partition coefficient (Wildman–Crippen LogP) is 2.98. The molecule has 0 fully saturated rings. The van der Waals surface area contributed by atoms with Crippen molar-refractivity contribution in [3.63, 3.8) is 0 Å². The maximum Gasteiger partial charge on any atom is 0.336 e. The number of nitro benzene ring substituents is 1. The summed E-state index contributed by atoms with van der Waals surface area (Å²) in [6, 6.07) is 5.78. The summed E-state index contributed by atoms with van der Waals surface area (Å²) >= 11 is 1.33. The molecule has 0 aliphatic carbocycles. The lowest BCUT2D eigenvalue weighted by Crippen LogP contribution is -2.34. The van der Waals surface area contributed by atoms with Gasteiger partial charge in [0.1, 0.15) is 5.78 Å². The van der Waals surface area contributed by atoms with Crippen LogP contribution in [0.15, 0.2) is 46.8 Å². The zero-order valence-corrected chi connectivity index (χ0v) is 20.9. The first kappa shape index (κ1) is 28.1. The summed E-state index contributed by atoms with van der Waals surface area (Å²) in [6.45, 7) is 3.96. The third-order valence-corrected chi connectivity index (χ3v) is 6.40. The third-order valence-electron chi connectivity index (χ3n) is 5.38. The fourth-order valence-corrected chi connectivity index (χ4v) is 4.70. The van der Waals surface area contributed by atoms with E-state index < -0.39 is 22.8 Å². The number of thioether (sulfide) groups is 1. The minimum absolute atomic E-state index is 0.0790. The normalized spacial score (nSPS) is 15.5. The fraction of sp³-hybridized carbons (Fsp3) is 0.458. The number of nitro groups is 1. The summed E-state index contributed by atoms with van der Waals surface area (Å²) < 4.78 is 10.3. The zero-order valence-electron chi connectivity index (χ0n) is 20.1. The molecule has 0 saturated carbocycles. The molecular weight excluding hydrogens is 474 g/mol. The molecule has 35 heavy (non-hydrogen) atoms. The Morgan fingerprint density at radius 2 is 1.94 bits per heavy atom. The molecule has 11 heteroatoms. The van der Waals surface area contributed by atoms with Crippen molar-refractivity contribution in [1.29, 1.82) is 0 Å². The molecular formula is C24H31N3O7S. The van der Waals surface area contributed by atoms with Crippen LogP contribution in [-0.2, 0) is 23.9 Å². The molecule has 2 rings (SSSR count). The van der Waals surface area contributed by atoms with Crippen LogP contribution in [0.5, 0.6) is 0 Å². The van der Waals surface area contributed by atoms with Gasteiger partial charge in [-0.05, 0) is 38.8 Å². The van der Waals surface area contributed by atoms with Crippen molar-refractivity contribution in [2.24, 2.45) is 5.73 Å². The Balaban J connectivity index is 2.50. The van der Waals surface area contributed by atoms with E-state index in [-0.39, 0.29) is 40.7 Å². The number of carbonyl (C=O) groups excluding carboxylic acids is 3. The summed E-state index contributed by atoms with van der Waals surface area (Å²) in [7, 11) is 1.22. The molecule has 0 saturated heterocycles. The molecule has 0 bridgehead atoms. The fourth-order valence-electron chi connectivity index (χ4n) is 3.80. The van der Waals surface area contributed by atoms with Gasteiger partial charge in [0.15, 0.2) is 0 Å². The van der Waals surface area contributed by atoms with E-state index in [4.69, 9.17) is 15.2 Å². The van der Waals surface area contributed by atoms with Gasteiger partial charge in [0.05, 0.1) is 41.5 Å². The van der Waals surface area contributed by atoms with E-state index in [1.807, 2.05) is 0 Å². The number of ether oxygens (including phenoxy) is 2. The number of hydrogen-bond acceptors (Lipinski definition) is 10. The zero-order chi connectivity index (χ0) is 26.0. The van der Waals surface area contributed by atoms with Gasteiger partial charge in [-0.25, -0.2) is 9.59 Å². The standard InChI is InChI=1S/C24H31N3O7S/c1-4-34-24(30)22-19(14-35-13-18(28)10-5-6-11-25)26-15(2)20(23(29)33-3)21(22)16-8-7-9-17(12-16)27(31)32/h7-9,12,21,26H,4-6,10-11,13-14,25H2,1-3H3. The Morgan fingerprint density at radius 1 is 1.20 bits per heavy atom. The first-order chi connectivity index (χ1) is 16.7. The van der Waals surface area contributed by atoms with Crippen molar-refractivity contribution >= 4 is 35.2 Å². The number of ketones is 1. The van der Waals surface area contributed by atoms with Gasteiger partial charge in [-0.3, -0.25) is 14.9 Å². The number of hydrogen-bond donors (Lipinski definition) is 2. The highest BCUT2D eigenvalue weighted by Gasteiger charge is 2.39. The van der Waals surface area contributed by atoms with Crippen molar-refractivity contribution in [3.8, 4) is 0 Å². The number of dihydropyridines is 1. The van der Waals surface area contributed by atoms with Gasteiger partial charge in [0.25, 0.3) is 5.69 Å². The number of rotatable bonds is 13. The van der Waals surface area contributed by atoms with Gasteiger partial charge >= 0.3 is 11.9 Å². The van der Waals surface area contributed by atoms with Crippen LogP contribution in [0, 0.1) is 10.1 Å². The van der Waals surface area contributed by atoms with E-state index in [0.717, 1.165) is 12.8 Å². The van der Waals surface area contributed by atoms with Gasteiger partial charge < -0.3 is 20.5 Å². The van der Waals surface area contributed by atoms with E-state index in [9.17, 15) is 24.5 Å². The third kappa shape index (κ3) is 7.40. The van der Waals surface area contributed by atoms with Gasteiger partial charge in [0.2, 0.25) is 0 Å². The van der Waals surface area contributed by atoms with Crippen LogP contribution >= 0.6 is 11.8 Å². The highest BCUT2D eigenvalue weighted by Crippen LogP contribution is 2.40. The topological polar surface area (TPSA) is 151 Å². The molecule has 10 nitrogen and oxygen atoms in total. The number of nitrogens with two attached hydrogens (primary N) is 1. The Kier molecular flexibility index (Phi) is 10.9. The van der Waals surface area contributed by atoms with Crippen molar-refractivity contribution < 1.29 is 28.8 Å². The molecule has 0 aromatic heterocycles. The number of nitrogens with one attached hydrogen (secondary N) is 1. The molecule has 1 aromatic carbocycles. The molecule has 0 amide bonds. The number of Topliss-reactive ketones (excluding diaryl/α,β-unsaturated/α-hetero) is 1. The summed E-state index contributed by atoms with van der Waals surface area (Å²) in [6.07, 6.45) is 1.94. The number of esters is 2. The van der Waals surface area contributed by atoms with E-state index in [1.54, 1.807) is 19.9 Å². The second-order valence-electron chi connectivity index (χ2n) is 7.83. The average Bonchev–Trinajstić information content (AvgIpc) is 2.83. The predicted molar refractivity (Wildman–Crippen MR) is 133 cm³/mol. The van der Waals surface area contributed by atoms with Crippen molar-refractivity contribution in [1.82, 2.24) is 5.32 Å². The maximum absolute atomic E-state index is 13.1. The maximum atomic E-state index is 13.1. The number of non-ortho nitro benzene ring substituents is 1. The summed E-state index contributed by atoms with van der Waals surface area (Å²) in [5, 5.41) is 14.5. The highest BCUT2D eigenvalue weighted by atomic mass is 32.2. The van der Waals surface area contributed by atoms with Crippen LogP contribution in [0.1, 0.15) is 44.6 Å². The molecule has 0 radical (unpaired) electrons. The smallest absolute Gasteiger partial charge is 0.336 e. The van der Waals surface area contributed by atoms with E-state index in [0.29, 0.717) is 29.9 Å². The summed E-state index contributed by atoms with van der Waals surface area (Å²) in [4.78, 5) is 48.9. The van der Waals surface area contributed by atoms with Crippen molar-refractivity contribution in [2.75, 3.05) is 31.8 Å². The van der Waals surface area contributed by atoms with Crippen molar-refractivity contribution in [3.05, 3.63) is 62.5 Å². The van der Waals surface area contributed by atoms with Crippen LogP contribution in [-0.4, -0.2) is 54.4 Å². The lowest BCUT2D eigenvalue weighted by Gasteiger charge is -2.31. The Bertz CT molecular complexity index is 1040. The molecule has 1 aliphatic rings. The molecule has 3 N–H and O–H groups in total. The lowest BCUT2D eigenvalue weighted by molar-refractivity contribution is -0.384. The number of methoxy groups -OCH3 is 1. The largest absolute Gasteiger partial charge is 0.466 e. The highest BCUT2D eigenvalue weighted by molar-refractivity contribution is 8.00. The number of benzene rings is 1. The van der Waals surface area contributed by atoms with Crippen LogP contribution in [0.4, 0.5) is 5.69 Å². The molecule has 0 spiro atoms. The van der Waals surface area contributed by atoms with Crippen molar-refractivity contribution in [2.45, 2.75) is 39.0 Å². The first-order valence-corrected chi connectivity index (χ1v) is 12.4. The number of carbonyl (C=O) groups is 3. The van der Waals surface area contributed by atoms with E-state index in [1.165, 1.54) is 37.1 Å². The Morgan fingerprint density at radius 3 is 2.57 bits per heavy atom. The number of nitrogens with zero attached hydrogens (tertiary/aromatic N) is 1. The average molecular weight is 506 g/mol. The van der Waals surface area contributed by atoms with Crippen LogP contribution in [0.25, 0.3) is 0 Å². The second kappa shape index (κ2) is 13.6. The molecule has 1 heterocycles.